The lowest BCUT2D eigenvalue weighted by Crippen LogP contribution is -2.47. The molecule has 0 unspecified atom stereocenters. The molecular weight excluding hydrogens is 220 g/mol. The van der Waals surface area contributed by atoms with Crippen LogP contribution in [0.4, 0.5) is 4.79 Å². The summed E-state index contributed by atoms with van der Waals surface area (Å²) < 4.78 is 0. The zero-order valence-corrected chi connectivity index (χ0v) is 10.2. The van der Waals surface area contributed by atoms with Crippen LogP contribution < -0.4 is 10.6 Å². The molecule has 0 spiro atoms. The molecule has 2 N–H and O–H groups in total. The average Bonchev–Trinajstić information content (AvgIpc) is 2.23. The van der Waals surface area contributed by atoms with Crippen LogP contribution in [0.25, 0.3) is 0 Å². The molecule has 1 rings (SSSR count). The molecule has 1 aliphatic rings. The first kappa shape index (κ1) is 13.3. The fraction of sp³-hybridized carbons (Fsp3) is 0.727. The SMILES string of the molecule is CN(C)C(=O)NCCNC(=O)C1(C#N)CCC1. The lowest BCUT2D eigenvalue weighted by molar-refractivity contribution is -0.131. The van der Waals surface area contributed by atoms with Crippen LogP contribution in [0, 0.1) is 16.7 Å². The topological polar surface area (TPSA) is 85.2 Å². The van der Waals surface area contributed by atoms with Crippen LogP contribution in [0.1, 0.15) is 19.3 Å². The van der Waals surface area contributed by atoms with E-state index in [-0.39, 0.29) is 11.9 Å². The molecule has 0 aromatic carbocycles. The van der Waals surface area contributed by atoms with Crippen molar-refractivity contribution in [2.24, 2.45) is 5.41 Å². The zero-order valence-electron chi connectivity index (χ0n) is 10.2. The van der Waals surface area contributed by atoms with E-state index in [1.165, 1.54) is 4.90 Å². The standard InChI is InChI=1S/C11H18N4O2/c1-15(2)10(17)14-7-6-13-9(16)11(8-12)4-3-5-11/h3-7H2,1-2H3,(H,13,16)(H,14,17). The van der Waals surface area contributed by atoms with Gasteiger partial charge in [0.25, 0.3) is 0 Å². The lowest BCUT2D eigenvalue weighted by Gasteiger charge is -2.33. The molecule has 6 heteroatoms. The van der Waals surface area contributed by atoms with Gasteiger partial charge in [-0.3, -0.25) is 4.79 Å². The van der Waals surface area contributed by atoms with Gasteiger partial charge in [-0.1, -0.05) is 0 Å². The number of carbonyl (C=O) groups is 2. The normalized spacial score (nSPS) is 16.3. The number of urea groups is 1. The van der Waals surface area contributed by atoms with Crippen molar-refractivity contribution in [2.45, 2.75) is 19.3 Å². The quantitative estimate of drug-likeness (QED) is 0.679. The van der Waals surface area contributed by atoms with Gasteiger partial charge in [0.15, 0.2) is 0 Å². The van der Waals surface area contributed by atoms with E-state index in [0.29, 0.717) is 25.9 Å². The van der Waals surface area contributed by atoms with Crippen molar-refractivity contribution >= 4 is 11.9 Å². The summed E-state index contributed by atoms with van der Waals surface area (Å²) in [6, 6.07) is 1.88. The highest BCUT2D eigenvalue weighted by atomic mass is 16.2. The smallest absolute Gasteiger partial charge is 0.316 e. The first-order chi connectivity index (χ1) is 8.02. The number of hydrogen-bond donors (Lipinski definition) is 2. The van der Waals surface area contributed by atoms with E-state index in [0.717, 1.165) is 6.42 Å². The van der Waals surface area contributed by atoms with E-state index in [1.807, 2.05) is 0 Å². The molecule has 1 aliphatic carbocycles. The van der Waals surface area contributed by atoms with E-state index in [2.05, 4.69) is 16.7 Å². The summed E-state index contributed by atoms with van der Waals surface area (Å²) in [5.41, 5.74) is -0.814. The minimum Gasteiger partial charge on any atom is -0.353 e. The van der Waals surface area contributed by atoms with Crippen molar-refractivity contribution in [3.05, 3.63) is 0 Å². The Kier molecular flexibility index (Phi) is 4.32. The summed E-state index contributed by atoms with van der Waals surface area (Å²) in [5, 5.41) is 14.2. The second-order valence-corrected chi connectivity index (χ2v) is 4.43. The number of amides is 3. The Balaban J connectivity index is 2.21. The maximum absolute atomic E-state index is 11.7. The maximum Gasteiger partial charge on any atom is 0.316 e. The molecule has 94 valence electrons. The van der Waals surface area contributed by atoms with E-state index in [1.54, 1.807) is 14.1 Å². The molecule has 1 saturated carbocycles. The van der Waals surface area contributed by atoms with Crippen LogP contribution in [0.2, 0.25) is 0 Å². The van der Waals surface area contributed by atoms with Crippen LogP contribution in [-0.2, 0) is 4.79 Å². The Hall–Kier alpha value is -1.77. The fourth-order valence-corrected chi connectivity index (χ4v) is 1.59. The molecule has 0 saturated heterocycles. The summed E-state index contributed by atoms with van der Waals surface area (Å²) in [6.07, 6.45) is 2.21. The highest BCUT2D eigenvalue weighted by Gasteiger charge is 2.44. The first-order valence-electron chi connectivity index (χ1n) is 5.66. The minimum absolute atomic E-state index is 0.196. The molecule has 0 bridgehead atoms. The van der Waals surface area contributed by atoms with Crippen molar-refractivity contribution in [1.29, 1.82) is 5.26 Å². The van der Waals surface area contributed by atoms with E-state index in [9.17, 15) is 9.59 Å². The van der Waals surface area contributed by atoms with Crippen molar-refractivity contribution in [1.82, 2.24) is 15.5 Å². The highest BCUT2D eigenvalue weighted by Crippen LogP contribution is 2.40. The van der Waals surface area contributed by atoms with Gasteiger partial charge in [0.2, 0.25) is 5.91 Å². The lowest BCUT2D eigenvalue weighted by atomic mass is 9.69. The molecule has 6 nitrogen and oxygen atoms in total. The zero-order chi connectivity index (χ0) is 12.9. The maximum atomic E-state index is 11.7. The molecule has 17 heavy (non-hydrogen) atoms. The number of carbonyl (C=O) groups excluding carboxylic acids is 2. The van der Waals surface area contributed by atoms with E-state index >= 15 is 0 Å². The summed E-state index contributed by atoms with van der Waals surface area (Å²) in [7, 11) is 3.29. The summed E-state index contributed by atoms with van der Waals surface area (Å²) in [6.45, 7) is 0.714. The second kappa shape index (κ2) is 5.53. The Labute approximate surface area is 101 Å². The average molecular weight is 238 g/mol. The Morgan fingerprint density at radius 3 is 2.29 bits per heavy atom. The van der Waals surface area contributed by atoms with Crippen LogP contribution >= 0.6 is 0 Å². The van der Waals surface area contributed by atoms with Crippen LogP contribution in [-0.4, -0.2) is 44.0 Å². The predicted octanol–water partition coefficient (Wildman–Crippen LogP) is 0.0677. The van der Waals surface area contributed by atoms with Crippen molar-refractivity contribution < 1.29 is 9.59 Å². The Morgan fingerprint density at radius 1 is 1.29 bits per heavy atom. The summed E-state index contributed by atoms with van der Waals surface area (Å²) in [5.74, 6) is -0.217. The van der Waals surface area contributed by atoms with Gasteiger partial charge in [-0.05, 0) is 19.3 Å². The molecular formula is C11H18N4O2. The fourth-order valence-electron chi connectivity index (χ4n) is 1.59. The molecule has 0 aliphatic heterocycles. The van der Waals surface area contributed by atoms with Gasteiger partial charge in [0.1, 0.15) is 5.41 Å². The minimum atomic E-state index is -0.814. The largest absolute Gasteiger partial charge is 0.353 e. The molecule has 3 amide bonds. The van der Waals surface area contributed by atoms with Gasteiger partial charge in [-0.15, -0.1) is 0 Å². The number of hydrogen-bond acceptors (Lipinski definition) is 3. The molecule has 0 aromatic rings. The number of rotatable bonds is 4. The third-order valence-corrected chi connectivity index (χ3v) is 2.95. The predicted molar refractivity (Wildman–Crippen MR) is 62.0 cm³/mol. The number of nitrogens with zero attached hydrogens (tertiary/aromatic N) is 2. The van der Waals surface area contributed by atoms with Gasteiger partial charge in [-0.25, -0.2) is 4.79 Å². The van der Waals surface area contributed by atoms with Crippen LogP contribution in [0.5, 0.6) is 0 Å². The summed E-state index contributed by atoms with van der Waals surface area (Å²) >= 11 is 0. The molecule has 0 heterocycles. The van der Waals surface area contributed by atoms with Gasteiger partial charge in [0.05, 0.1) is 6.07 Å². The Morgan fingerprint density at radius 2 is 1.88 bits per heavy atom. The van der Waals surface area contributed by atoms with Gasteiger partial charge < -0.3 is 15.5 Å². The van der Waals surface area contributed by atoms with Gasteiger partial charge in [-0.2, -0.15) is 5.26 Å². The van der Waals surface area contributed by atoms with Crippen LogP contribution in [0.3, 0.4) is 0 Å². The monoisotopic (exact) mass is 238 g/mol. The second-order valence-electron chi connectivity index (χ2n) is 4.43. The first-order valence-corrected chi connectivity index (χ1v) is 5.66. The molecule has 0 radical (unpaired) electrons. The molecule has 0 atom stereocenters. The summed E-state index contributed by atoms with van der Waals surface area (Å²) in [4.78, 5) is 24.3. The van der Waals surface area contributed by atoms with Crippen molar-refractivity contribution in [2.75, 3.05) is 27.2 Å². The molecule has 0 aromatic heterocycles. The van der Waals surface area contributed by atoms with Crippen LogP contribution in [0.15, 0.2) is 0 Å². The van der Waals surface area contributed by atoms with E-state index < -0.39 is 5.41 Å². The third-order valence-electron chi connectivity index (χ3n) is 2.95. The van der Waals surface area contributed by atoms with Crippen molar-refractivity contribution in [3.63, 3.8) is 0 Å². The van der Waals surface area contributed by atoms with Gasteiger partial charge in [0, 0.05) is 27.2 Å². The Bertz CT molecular complexity index is 342. The highest BCUT2D eigenvalue weighted by molar-refractivity contribution is 5.86. The number of nitrogens with one attached hydrogen (secondary N) is 2. The van der Waals surface area contributed by atoms with Gasteiger partial charge >= 0.3 is 6.03 Å². The third kappa shape index (κ3) is 3.09. The number of nitriles is 1. The van der Waals surface area contributed by atoms with Crippen molar-refractivity contribution in [3.8, 4) is 6.07 Å². The van der Waals surface area contributed by atoms with E-state index in [4.69, 9.17) is 5.26 Å². The molecule has 1 fully saturated rings.